The second kappa shape index (κ2) is 6.94. The lowest BCUT2D eigenvalue weighted by Gasteiger charge is -2.08. The van der Waals surface area contributed by atoms with Crippen molar-refractivity contribution in [3.63, 3.8) is 0 Å². The molecule has 8 heteroatoms. The molecule has 0 saturated heterocycles. The van der Waals surface area contributed by atoms with E-state index < -0.39 is 9.84 Å². The van der Waals surface area contributed by atoms with Crippen LogP contribution in [-0.2, 0) is 9.84 Å². The minimum Gasteiger partial charge on any atom is -0.236 e. The molecule has 0 aliphatic heterocycles. The van der Waals surface area contributed by atoms with Gasteiger partial charge >= 0.3 is 0 Å². The van der Waals surface area contributed by atoms with Gasteiger partial charge in [-0.15, -0.1) is 11.8 Å². The van der Waals surface area contributed by atoms with Gasteiger partial charge in [-0.2, -0.15) is 10.4 Å². The molecule has 2 aromatic heterocycles. The van der Waals surface area contributed by atoms with E-state index in [2.05, 4.69) is 16.2 Å². The summed E-state index contributed by atoms with van der Waals surface area (Å²) in [5.41, 5.74) is 3.06. The number of benzene rings is 1. The maximum absolute atomic E-state index is 11.6. The van der Waals surface area contributed by atoms with E-state index >= 15 is 0 Å². The van der Waals surface area contributed by atoms with Crippen LogP contribution >= 0.6 is 11.8 Å². The van der Waals surface area contributed by atoms with E-state index in [1.807, 2.05) is 37.4 Å². The van der Waals surface area contributed by atoms with Crippen molar-refractivity contribution in [1.82, 2.24) is 14.8 Å². The minimum atomic E-state index is -3.33. The first-order valence-electron chi connectivity index (χ1n) is 7.66. The van der Waals surface area contributed by atoms with Crippen molar-refractivity contribution in [3.8, 4) is 23.1 Å². The molecular weight excluding hydrogens is 368 g/mol. The van der Waals surface area contributed by atoms with Crippen LogP contribution in [0.3, 0.4) is 0 Å². The van der Waals surface area contributed by atoms with Crippen molar-refractivity contribution < 1.29 is 8.42 Å². The fourth-order valence-electron chi connectivity index (χ4n) is 2.50. The van der Waals surface area contributed by atoms with Gasteiger partial charge in [0, 0.05) is 18.0 Å². The van der Waals surface area contributed by atoms with Gasteiger partial charge in [0.25, 0.3) is 0 Å². The average Bonchev–Trinajstić information content (AvgIpc) is 3.00. The lowest BCUT2D eigenvalue weighted by Crippen LogP contribution is -2.04. The van der Waals surface area contributed by atoms with E-state index in [4.69, 9.17) is 0 Å². The van der Waals surface area contributed by atoms with Crippen LogP contribution in [0.2, 0.25) is 0 Å². The molecule has 0 fully saturated rings. The number of aromatic nitrogens is 3. The Balaban J connectivity index is 2.23. The largest absolute Gasteiger partial charge is 0.236 e. The molecule has 0 saturated carbocycles. The molecule has 0 aliphatic carbocycles. The summed E-state index contributed by atoms with van der Waals surface area (Å²) in [5, 5.41) is 14.7. The summed E-state index contributed by atoms with van der Waals surface area (Å²) in [7, 11) is -3.33. The number of hydrogen-bond donors (Lipinski definition) is 0. The van der Waals surface area contributed by atoms with Gasteiger partial charge in [0.05, 0.1) is 10.6 Å². The van der Waals surface area contributed by atoms with Crippen LogP contribution in [0.1, 0.15) is 11.1 Å². The van der Waals surface area contributed by atoms with Crippen LogP contribution in [0.5, 0.6) is 0 Å². The molecule has 1 aromatic carbocycles. The maximum Gasteiger partial charge on any atom is 0.177 e. The Morgan fingerprint density at radius 3 is 2.35 bits per heavy atom. The highest BCUT2D eigenvalue weighted by molar-refractivity contribution is 7.98. The number of hydrogen-bond acceptors (Lipinski definition) is 6. The Labute approximate surface area is 156 Å². The van der Waals surface area contributed by atoms with Crippen molar-refractivity contribution in [2.45, 2.75) is 16.8 Å². The Bertz CT molecular complexity index is 1090. The average molecular weight is 384 g/mol. The number of nitrogens with zero attached hydrogens (tertiary/aromatic N) is 4. The third-order valence-electron chi connectivity index (χ3n) is 3.85. The molecule has 0 bridgehead atoms. The van der Waals surface area contributed by atoms with E-state index in [9.17, 15) is 13.7 Å². The molecule has 3 aromatic rings. The van der Waals surface area contributed by atoms with Gasteiger partial charge in [-0.05, 0) is 25.3 Å². The number of rotatable bonds is 4. The third kappa shape index (κ3) is 3.36. The summed E-state index contributed by atoms with van der Waals surface area (Å²) in [5.74, 6) is 0.449. The van der Waals surface area contributed by atoms with Gasteiger partial charge in [-0.1, -0.05) is 29.8 Å². The molecule has 132 valence electrons. The molecule has 6 nitrogen and oxygen atoms in total. The van der Waals surface area contributed by atoms with Crippen LogP contribution in [0.25, 0.3) is 17.1 Å². The predicted octanol–water partition coefficient (Wildman–Crippen LogP) is 3.24. The molecule has 0 amide bonds. The number of pyridine rings is 1. The number of thioether (sulfide) groups is 1. The van der Waals surface area contributed by atoms with Crippen molar-refractivity contribution in [2.24, 2.45) is 0 Å². The molecule has 3 rings (SSSR count). The summed E-state index contributed by atoms with van der Waals surface area (Å²) in [6, 6.07) is 13.1. The van der Waals surface area contributed by atoms with E-state index in [1.165, 1.54) is 24.0 Å². The standard InChI is InChI=1S/C18H16N4O2S2/c1-12-4-6-13(7-5-12)17-15(10-19)18(25-2)21-22(17)16-9-8-14(11-20-16)26(3,23)24/h4-9,11H,1-3H3. The highest BCUT2D eigenvalue weighted by Gasteiger charge is 2.21. The molecular formula is C18H16N4O2S2. The predicted molar refractivity (Wildman–Crippen MR) is 101 cm³/mol. The molecule has 2 heterocycles. The van der Waals surface area contributed by atoms with Gasteiger partial charge in [0.1, 0.15) is 16.7 Å². The topological polar surface area (TPSA) is 88.6 Å². The zero-order valence-corrected chi connectivity index (χ0v) is 16.1. The van der Waals surface area contributed by atoms with Crippen molar-refractivity contribution in [2.75, 3.05) is 12.5 Å². The van der Waals surface area contributed by atoms with Crippen LogP contribution in [0.15, 0.2) is 52.5 Å². The number of aryl methyl sites for hydroxylation is 1. The Kier molecular flexibility index (Phi) is 4.85. The van der Waals surface area contributed by atoms with Crippen LogP contribution in [0.4, 0.5) is 0 Å². The fourth-order valence-corrected chi connectivity index (χ4v) is 3.57. The molecule has 0 atom stereocenters. The molecule has 0 unspecified atom stereocenters. The first-order valence-corrected chi connectivity index (χ1v) is 10.8. The molecule has 26 heavy (non-hydrogen) atoms. The van der Waals surface area contributed by atoms with Gasteiger partial charge in [-0.3, -0.25) is 0 Å². The molecule has 0 aliphatic rings. The van der Waals surface area contributed by atoms with Crippen LogP contribution < -0.4 is 0 Å². The summed E-state index contributed by atoms with van der Waals surface area (Å²) < 4.78 is 24.9. The van der Waals surface area contributed by atoms with Crippen LogP contribution in [-0.4, -0.2) is 35.7 Å². The quantitative estimate of drug-likeness (QED) is 0.642. The zero-order valence-electron chi connectivity index (χ0n) is 14.5. The van der Waals surface area contributed by atoms with E-state index in [-0.39, 0.29) is 4.90 Å². The van der Waals surface area contributed by atoms with Gasteiger partial charge < -0.3 is 0 Å². The Morgan fingerprint density at radius 2 is 1.85 bits per heavy atom. The fraction of sp³-hybridized carbons (Fsp3) is 0.167. The van der Waals surface area contributed by atoms with Gasteiger partial charge in [0.15, 0.2) is 15.7 Å². The zero-order chi connectivity index (χ0) is 18.9. The highest BCUT2D eigenvalue weighted by atomic mass is 32.2. The van der Waals surface area contributed by atoms with Gasteiger partial charge in [0.2, 0.25) is 0 Å². The summed E-state index contributed by atoms with van der Waals surface area (Å²) in [6.45, 7) is 1.99. The lowest BCUT2D eigenvalue weighted by atomic mass is 10.1. The van der Waals surface area contributed by atoms with E-state index in [0.717, 1.165) is 17.4 Å². The lowest BCUT2D eigenvalue weighted by molar-refractivity contribution is 0.601. The summed E-state index contributed by atoms with van der Waals surface area (Å²) >= 11 is 1.38. The number of sulfone groups is 1. The van der Waals surface area contributed by atoms with Crippen molar-refractivity contribution in [3.05, 3.63) is 53.7 Å². The molecule has 0 radical (unpaired) electrons. The Morgan fingerprint density at radius 1 is 1.15 bits per heavy atom. The minimum absolute atomic E-state index is 0.135. The van der Waals surface area contributed by atoms with Crippen LogP contribution in [0, 0.1) is 18.3 Å². The molecule has 0 N–H and O–H groups in total. The second-order valence-electron chi connectivity index (χ2n) is 5.75. The Hall–Kier alpha value is -2.63. The number of nitriles is 1. The third-order valence-corrected chi connectivity index (χ3v) is 5.62. The first-order chi connectivity index (χ1) is 12.3. The smallest absolute Gasteiger partial charge is 0.177 e. The maximum atomic E-state index is 11.6. The van der Waals surface area contributed by atoms with Crippen molar-refractivity contribution >= 4 is 21.6 Å². The van der Waals surface area contributed by atoms with E-state index in [0.29, 0.717) is 22.1 Å². The molecule has 0 spiro atoms. The summed E-state index contributed by atoms with van der Waals surface area (Å²) in [4.78, 5) is 4.38. The second-order valence-corrected chi connectivity index (χ2v) is 8.56. The normalized spacial score (nSPS) is 11.3. The van der Waals surface area contributed by atoms with Crippen molar-refractivity contribution in [1.29, 1.82) is 5.26 Å². The summed E-state index contributed by atoms with van der Waals surface area (Å²) in [6.07, 6.45) is 4.29. The monoisotopic (exact) mass is 384 g/mol. The first kappa shape index (κ1) is 18.2. The van der Waals surface area contributed by atoms with E-state index in [1.54, 1.807) is 10.7 Å². The highest BCUT2D eigenvalue weighted by Crippen LogP contribution is 2.32. The van der Waals surface area contributed by atoms with Gasteiger partial charge in [-0.25, -0.2) is 18.1 Å². The SMILES string of the molecule is CSc1nn(-c2ccc(S(C)(=O)=O)cn2)c(-c2ccc(C)cc2)c1C#N.